The van der Waals surface area contributed by atoms with Crippen LogP contribution in [0.3, 0.4) is 0 Å². The molecule has 0 unspecified atom stereocenters. The van der Waals surface area contributed by atoms with Crippen LogP contribution in [0.2, 0.25) is 0 Å². The van der Waals surface area contributed by atoms with E-state index in [1.807, 2.05) is 31.3 Å². The van der Waals surface area contributed by atoms with Crippen LogP contribution in [0.15, 0.2) is 45.7 Å². The summed E-state index contributed by atoms with van der Waals surface area (Å²) in [6, 6.07) is 9.84. The average molecular weight is 382 g/mol. The smallest absolute Gasteiger partial charge is 0.349 e. The molecule has 148 valence electrons. The monoisotopic (exact) mass is 382 g/mol. The SMILES string of the molecule is Cc1cc(CCc2c[nH]c3ccccc23)oc(=O)c1C(=O)NCC[C@@H](C)CO. The summed E-state index contributed by atoms with van der Waals surface area (Å²) in [4.78, 5) is 27.9. The fourth-order valence-corrected chi connectivity index (χ4v) is 3.28. The Balaban J connectivity index is 1.67. The van der Waals surface area contributed by atoms with Crippen LogP contribution >= 0.6 is 0 Å². The van der Waals surface area contributed by atoms with Crippen LogP contribution in [0.5, 0.6) is 0 Å². The fourth-order valence-electron chi connectivity index (χ4n) is 3.28. The standard InChI is InChI=1S/C22H26N2O4/c1-14(13-25)9-10-23-21(26)20-15(2)11-17(28-22(20)27)8-7-16-12-24-19-6-4-3-5-18(16)19/h3-6,11-12,14,24-25H,7-10,13H2,1-2H3,(H,23,26)/t14-/m1/s1. The molecule has 6 heteroatoms. The summed E-state index contributed by atoms with van der Waals surface area (Å²) in [5.74, 6) is 0.238. The molecular formula is C22H26N2O4. The molecule has 2 heterocycles. The predicted octanol–water partition coefficient (Wildman–Crippen LogP) is 2.96. The quantitative estimate of drug-likeness (QED) is 0.558. The van der Waals surface area contributed by atoms with Crippen molar-refractivity contribution in [3.8, 4) is 0 Å². The summed E-state index contributed by atoms with van der Waals surface area (Å²) in [5, 5.41) is 12.9. The third-order valence-corrected chi connectivity index (χ3v) is 4.98. The van der Waals surface area contributed by atoms with Crippen LogP contribution in [0.4, 0.5) is 0 Å². The molecule has 0 saturated carbocycles. The van der Waals surface area contributed by atoms with Crippen LogP contribution < -0.4 is 10.9 Å². The molecule has 0 spiro atoms. The number of carbonyl (C=O) groups excluding carboxylic acids is 1. The maximum absolute atomic E-state index is 12.4. The number of rotatable bonds is 8. The zero-order valence-corrected chi connectivity index (χ0v) is 16.2. The maximum atomic E-state index is 12.4. The highest BCUT2D eigenvalue weighted by Gasteiger charge is 2.17. The molecule has 0 fully saturated rings. The van der Waals surface area contributed by atoms with E-state index in [9.17, 15) is 9.59 Å². The van der Waals surface area contributed by atoms with Crippen molar-refractivity contribution in [3.05, 3.63) is 69.4 Å². The molecule has 1 aromatic carbocycles. The van der Waals surface area contributed by atoms with E-state index in [2.05, 4.69) is 16.4 Å². The average Bonchev–Trinajstić information content (AvgIpc) is 3.09. The second-order valence-electron chi connectivity index (χ2n) is 7.25. The number of hydrogen-bond acceptors (Lipinski definition) is 4. The van der Waals surface area contributed by atoms with Crippen molar-refractivity contribution >= 4 is 16.8 Å². The van der Waals surface area contributed by atoms with E-state index in [1.165, 1.54) is 0 Å². The first-order chi connectivity index (χ1) is 13.5. The molecule has 0 radical (unpaired) electrons. The lowest BCUT2D eigenvalue weighted by Gasteiger charge is -2.10. The number of nitrogens with one attached hydrogen (secondary N) is 2. The van der Waals surface area contributed by atoms with Gasteiger partial charge in [0, 0.05) is 36.7 Å². The Bertz CT molecular complexity index is 1020. The number of fused-ring (bicyclic) bond motifs is 1. The molecule has 0 bridgehead atoms. The number of aryl methyl sites for hydroxylation is 3. The lowest BCUT2D eigenvalue weighted by Crippen LogP contribution is -2.31. The third kappa shape index (κ3) is 4.51. The molecule has 0 aliphatic heterocycles. The van der Waals surface area contributed by atoms with Gasteiger partial charge in [0.2, 0.25) is 0 Å². The predicted molar refractivity (Wildman–Crippen MR) is 109 cm³/mol. The number of amides is 1. The molecular weight excluding hydrogens is 356 g/mol. The van der Waals surface area contributed by atoms with Crippen LogP contribution in [-0.4, -0.2) is 29.1 Å². The zero-order chi connectivity index (χ0) is 20.1. The van der Waals surface area contributed by atoms with E-state index in [0.29, 0.717) is 30.7 Å². The summed E-state index contributed by atoms with van der Waals surface area (Å²) < 4.78 is 5.40. The number of para-hydroxylation sites is 1. The van der Waals surface area contributed by atoms with Crippen molar-refractivity contribution in [2.24, 2.45) is 5.92 Å². The molecule has 3 rings (SSSR count). The lowest BCUT2D eigenvalue weighted by atomic mass is 10.1. The van der Waals surface area contributed by atoms with Crippen LogP contribution in [-0.2, 0) is 12.8 Å². The van der Waals surface area contributed by atoms with Gasteiger partial charge in [-0.15, -0.1) is 0 Å². The van der Waals surface area contributed by atoms with Crippen molar-refractivity contribution in [2.75, 3.05) is 13.2 Å². The van der Waals surface area contributed by atoms with Gasteiger partial charge in [-0.2, -0.15) is 0 Å². The van der Waals surface area contributed by atoms with Crippen molar-refractivity contribution in [3.63, 3.8) is 0 Å². The third-order valence-electron chi connectivity index (χ3n) is 4.98. The number of aromatic amines is 1. The first-order valence-electron chi connectivity index (χ1n) is 9.57. The Hall–Kier alpha value is -2.86. The van der Waals surface area contributed by atoms with Crippen LogP contribution in [0.1, 0.15) is 40.6 Å². The molecule has 0 aliphatic rings. The molecule has 6 nitrogen and oxygen atoms in total. The summed E-state index contributed by atoms with van der Waals surface area (Å²) in [6.07, 6.45) is 3.94. The summed E-state index contributed by atoms with van der Waals surface area (Å²) >= 11 is 0. The Morgan fingerprint density at radius 2 is 2.07 bits per heavy atom. The van der Waals surface area contributed by atoms with E-state index in [1.54, 1.807) is 13.0 Å². The topological polar surface area (TPSA) is 95.3 Å². The number of aliphatic hydroxyl groups excluding tert-OH is 1. The van der Waals surface area contributed by atoms with Crippen molar-refractivity contribution in [2.45, 2.75) is 33.1 Å². The largest absolute Gasteiger partial charge is 0.427 e. The molecule has 3 N–H and O–H groups in total. The highest BCUT2D eigenvalue weighted by molar-refractivity contribution is 5.95. The molecule has 2 aromatic heterocycles. The molecule has 3 aromatic rings. The van der Waals surface area contributed by atoms with Gasteiger partial charge in [-0.1, -0.05) is 25.1 Å². The summed E-state index contributed by atoms with van der Waals surface area (Å²) in [5.41, 5.74) is 2.29. The fraction of sp³-hybridized carbons (Fsp3) is 0.364. The number of aliphatic hydroxyl groups is 1. The zero-order valence-electron chi connectivity index (χ0n) is 16.2. The van der Waals surface area contributed by atoms with Gasteiger partial charge in [-0.3, -0.25) is 4.79 Å². The van der Waals surface area contributed by atoms with E-state index >= 15 is 0 Å². The lowest BCUT2D eigenvalue weighted by molar-refractivity contribution is 0.0944. The Morgan fingerprint density at radius 3 is 2.82 bits per heavy atom. The van der Waals surface area contributed by atoms with Gasteiger partial charge in [0.25, 0.3) is 5.91 Å². The molecule has 28 heavy (non-hydrogen) atoms. The minimum atomic E-state index is -0.610. The number of hydrogen-bond donors (Lipinski definition) is 3. The molecule has 0 saturated heterocycles. The second-order valence-corrected chi connectivity index (χ2v) is 7.25. The molecule has 1 atom stereocenters. The minimum absolute atomic E-state index is 0.0486. The summed E-state index contributed by atoms with van der Waals surface area (Å²) in [7, 11) is 0. The van der Waals surface area contributed by atoms with E-state index in [-0.39, 0.29) is 18.1 Å². The first-order valence-corrected chi connectivity index (χ1v) is 9.57. The van der Waals surface area contributed by atoms with Gasteiger partial charge in [0.1, 0.15) is 11.3 Å². The normalized spacial score (nSPS) is 12.2. The molecule has 0 aliphatic carbocycles. The van der Waals surface area contributed by atoms with Crippen LogP contribution in [0.25, 0.3) is 10.9 Å². The highest BCUT2D eigenvalue weighted by atomic mass is 16.4. The van der Waals surface area contributed by atoms with Gasteiger partial charge in [0.15, 0.2) is 0 Å². The van der Waals surface area contributed by atoms with E-state index in [4.69, 9.17) is 9.52 Å². The van der Waals surface area contributed by atoms with Gasteiger partial charge >= 0.3 is 5.63 Å². The number of benzene rings is 1. The second kappa shape index (κ2) is 8.89. The maximum Gasteiger partial charge on any atom is 0.349 e. The Labute approximate surface area is 163 Å². The number of H-pyrrole nitrogens is 1. The number of carbonyl (C=O) groups is 1. The van der Waals surface area contributed by atoms with E-state index < -0.39 is 11.5 Å². The van der Waals surface area contributed by atoms with Gasteiger partial charge in [0.05, 0.1) is 0 Å². The minimum Gasteiger partial charge on any atom is -0.427 e. The first kappa shape index (κ1) is 19.9. The van der Waals surface area contributed by atoms with Crippen molar-refractivity contribution < 1.29 is 14.3 Å². The van der Waals surface area contributed by atoms with Crippen molar-refractivity contribution in [1.29, 1.82) is 0 Å². The number of aromatic nitrogens is 1. The van der Waals surface area contributed by atoms with Crippen molar-refractivity contribution in [1.82, 2.24) is 10.3 Å². The molecule has 1 amide bonds. The van der Waals surface area contributed by atoms with Gasteiger partial charge in [-0.05, 0) is 48.9 Å². The van der Waals surface area contributed by atoms with Gasteiger partial charge in [-0.25, -0.2) is 4.79 Å². The highest BCUT2D eigenvalue weighted by Crippen LogP contribution is 2.19. The van der Waals surface area contributed by atoms with E-state index in [0.717, 1.165) is 22.9 Å². The summed E-state index contributed by atoms with van der Waals surface area (Å²) in [6.45, 7) is 4.12. The van der Waals surface area contributed by atoms with Gasteiger partial charge < -0.3 is 19.8 Å². The Morgan fingerprint density at radius 1 is 1.29 bits per heavy atom. The van der Waals surface area contributed by atoms with Crippen LogP contribution in [0, 0.1) is 12.8 Å². The Kier molecular flexibility index (Phi) is 6.31.